The van der Waals surface area contributed by atoms with Crippen LogP contribution in [-0.2, 0) is 4.79 Å². The van der Waals surface area contributed by atoms with Crippen LogP contribution >= 0.6 is 0 Å². The molecule has 0 fully saturated rings. The zero-order valence-electron chi connectivity index (χ0n) is 8.00. The lowest BCUT2D eigenvalue weighted by atomic mass is 10.0. The van der Waals surface area contributed by atoms with Crippen molar-refractivity contribution in [2.75, 3.05) is 0 Å². The van der Waals surface area contributed by atoms with E-state index in [0.717, 1.165) is 11.1 Å². The first-order chi connectivity index (χ1) is 6.11. The minimum atomic E-state index is -0.0178. The molecule has 0 saturated carbocycles. The summed E-state index contributed by atoms with van der Waals surface area (Å²) in [6.45, 7) is 7.36. The second kappa shape index (κ2) is 4.08. The Morgan fingerprint density at radius 2 is 2.08 bits per heavy atom. The van der Waals surface area contributed by atoms with Gasteiger partial charge in [0.1, 0.15) is 0 Å². The van der Waals surface area contributed by atoms with E-state index >= 15 is 0 Å². The summed E-state index contributed by atoms with van der Waals surface area (Å²) < 4.78 is 0. The van der Waals surface area contributed by atoms with Gasteiger partial charge in [-0.05, 0) is 25.0 Å². The number of carbonyl (C=O) groups is 1. The van der Waals surface area contributed by atoms with E-state index in [9.17, 15) is 4.79 Å². The van der Waals surface area contributed by atoms with E-state index in [2.05, 4.69) is 12.2 Å². The molecule has 0 aliphatic carbocycles. The zero-order valence-corrected chi connectivity index (χ0v) is 8.00. The summed E-state index contributed by atoms with van der Waals surface area (Å²) in [6.07, 6.45) is 0. The van der Waals surface area contributed by atoms with Crippen molar-refractivity contribution in [2.24, 2.45) is 0 Å². The number of carbonyl (C=O) groups excluding carboxylic acids is 1. The van der Waals surface area contributed by atoms with Gasteiger partial charge >= 0.3 is 0 Å². The molecule has 0 aliphatic rings. The van der Waals surface area contributed by atoms with Gasteiger partial charge in [0.05, 0.1) is 6.04 Å². The SMILES string of the molecule is [CH2]c1ccccc1C(C)NC(C)=O. The third kappa shape index (κ3) is 2.58. The molecule has 13 heavy (non-hydrogen) atoms. The predicted octanol–water partition coefficient (Wildman–Crippen LogP) is 2.07. The van der Waals surface area contributed by atoms with Crippen LogP contribution in [-0.4, -0.2) is 5.91 Å². The molecule has 1 radical (unpaired) electrons. The van der Waals surface area contributed by atoms with Gasteiger partial charge in [-0.25, -0.2) is 0 Å². The molecule has 2 nitrogen and oxygen atoms in total. The normalized spacial score (nSPS) is 12.2. The molecule has 0 aliphatic heterocycles. The quantitative estimate of drug-likeness (QED) is 0.734. The van der Waals surface area contributed by atoms with E-state index in [1.54, 1.807) is 0 Å². The number of amides is 1. The average Bonchev–Trinajstić information content (AvgIpc) is 2.03. The Bertz CT molecular complexity index is 307. The molecular formula is C11H14NO. The third-order valence-electron chi connectivity index (χ3n) is 1.94. The van der Waals surface area contributed by atoms with E-state index in [-0.39, 0.29) is 11.9 Å². The van der Waals surface area contributed by atoms with E-state index < -0.39 is 0 Å². The Balaban J connectivity index is 2.82. The maximum absolute atomic E-state index is 10.8. The highest BCUT2D eigenvalue weighted by Crippen LogP contribution is 2.15. The van der Waals surface area contributed by atoms with Gasteiger partial charge in [-0.15, -0.1) is 0 Å². The summed E-state index contributed by atoms with van der Waals surface area (Å²) in [5, 5.41) is 2.82. The van der Waals surface area contributed by atoms with E-state index in [4.69, 9.17) is 0 Å². The van der Waals surface area contributed by atoms with Crippen molar-refractivity contribution in [3.05, 3.63) is 42.3 Å². The number of hydrogen-bond donors (Lipinski definition) is 1. The summed E-state index contributed by atoms with van der Waals surface area (Å²) in [5.41, 5.74) is 2.03. The summed E-state index contributed by atoms with van der Waals surface area (Å²) >= 11 is 0. The van der Waals surface area contributed by atoms with Gasteiger partial charge in [0.25, 0.3) is 0 Å². The number of nitrogens with one attached hydrogen (secondary N) is 1. The van der Waals surface area contributed by atoms with Crippen molar-refractivity contribution < 1.29 is 4.79 Å². The Morgan fingerprint density at radius 3 is 2.62 bits per heavy atom. The highest BCUT2D eigenvalue weighted by atomic mass is 16.1. The fraction of sp³-hybridized carbons (Fsp3) is 0.273. The molecule has 69 valence electrons. The van der Waals surface area contributed by atoms with E-state index in [1.165, 1.54) is 6.92 Å². The predicted molar refractivity (Wildman–Crippen MR) is 53.1 cm³/mol. The zero-order chi connectivity index (χ0) is 9.84. The van der Waals surface area contributed by atoms with Gasteiger partial charge in [0.2, 0.25) is 5.91 Å². The summed E-state index contributed by atoms with van der Waals surface area (Å²) in [7, 11) is 0. The van der Waals surface area contributed by atoms with Gasteiger partial charge in [-0.1, -0.05) is 24.3 Å². The summed E-state index contributed by atoms with van der Waals surface area (Å²) in [4.78, 5) is 10.8. The van der Waals surface area contributed by atoms with Crippen molar-refractivity contribution in [3.8, 4) is 0 Å². The van der Waals surface area contributed by atoms with Crippen molar-refractivity contribution in [3.63, 3.8) is 0 Å². The molecule has 2 heteroatoms. The van der Waals surface area contributed by atoms with Crippen LogP contribution in [0.2, 0.25) is 0 Å². The molecule has 0 heterocycles. The minimum Gasteiger partial charge on any atom is -0.350 e. The lowest BCUT2D eigenvalue weighted by molar-refractivity contribution is -0.119. The standard InChI is InChI=1S/C11H14NO/c1-8-6-4-5-7-11(8)9(2)12-10(3)13/h4-7,9H,1H2,2-3H3,(H,12,13). The second-order valence-electron chi connectivity index (χ2n) is 3.12. The molecule has 0 aromatic heterocycles. The highest BCUT2D eigenvalue weighted by Gasteiger charge is 2.07. The van der Waals surface area contributed by atoms with Crippen LogP contribution in [0.4, 0.5) is 0 Å². The molecule has 1 aromatic carbocycles. The number of benzene rings is 1. The topological polar surface area (TPSA) is 29.1 Å². The van der Waals surface area contributed by atoms with Crippen molar-refractivity contribution in [2.45, 2.75) is 19.9 Å². The maximum atomic E-state index is 10.8. The van der Waals surface area contributed by atoms with E-state index in [1.807, 2.05) is 31.2 Å². The van der Waals surface area contributed by atoms with Gasteiger partial charge in [-0.3, -0.25) is 4.79 Å². The van der Waals surface area contributed by atoms with Gasteiger partial charge in [0.15, 0.2) is 0 Å². The Morgan fingerprint density at radius 1 is 1.46 bits per heavy atom. The molecule has 1 atom stereocenters. The maximum Gasteiger partial charge on any atom is 0.217 e. The second-order valence-corrected chi connectivity index (χ2v) is 3.12. The summed E-state index contributed by atoms with van der Waals surface area (Å²) in [6, 6.07) is 7.83. The summed E-state index contributed by atoms with van der Waals surface area (Å²) in [5.74, 6) is -0.0178. The molecule has 1 amide bonds. The van der Waals surface area contributed by atoms with Crippen LogP contribution in [0.15, 0.2) is 24.3 Å². The first-order valence-corrected chi connectivity index (χ1v) is 4.29. The highest BCUT2D eigenvalue weighted by molar-refractivity contribution is 5.73. The molecule has 1 unspecified atom stereocenters. The Hall–Kier alpha value is -1.31. The van der Waals surface area contributed by atoms with E-state index in [0.29, 0.717) is 0 Å². The van der Waals surface area contributed by atoms with Crippen molar-refractivity contribution >= 4 is 5.91 Å². The van der Waals surface area contributed by atoms with Crippen LogP contribution in [0, 0.1) is 6.92 Å². The molecule has 1 aromatic rings. The fourth-order valence-electron chi connectivity index (χ4n) is 1.34. The van der Waals surface area contributed by atoms with Crippen LogP contribution in [0.25, 0.3) is 0 Å². The van der Waals surface area contributed by atoms with Gasteiger partial charge in [-0.2, -0.15) is 0 Å². The lowest BCUT2D eigenvalue weighted by Gasteiger charge is -2.14. The molecule has 1 N–H and O–H groups in total. The average molecular weight is 176 g/mol. The smallest absolute Gasteiger partial charge is 0.217 e. The fourth-order valence-corrected chi connectivity index (χ4v) is 1.34. The molecule has 0 saturated heterocycles. The lowest BCUT2D eigenvalue weighted by Crippen LogP contribution is -2.24. The van der Waals surface area contributed by atoms with Gasteiger partial charge in [0, 0.05) is 6.92 Å². The first-order valence-electron chi connectivity index (χ1n) is 4.29. The van der Waals surface area contributed by atoms with Crippen LogP contribution in [0.3, 0.4) is 0 Å². The van der Waals surface area contributed by atoms with Crippen LogP contribution in [0.5, 0.6) is 0 Å². The molecular weight excluding hydrogens is 162 g/mol. The number of hydrogen-bond acceptors (Lipinski definition) is 1. The first kappa shape index (κ1) is 9.78. The van der Waals surface area contributed by atoms with Crippen molar-refractivity contribution in [1.29, 1.82) is 0 Å². The van der Waals surface area contributed by atoms with Crippen molar-refractivity contribution in [1.82, 2.24) is 5.32 Å². The Kier molecular flexibility index (Phi) is 3.07. The largest absolute Gasteiger partial charge is 0.350 e. The minimum absolute atomic E-state index is 0.0178. The molecule has 0 spiro atoms. The monoisotopic (exact) mass is 176 g/mol. The molecule has 1 rings (SSSR count). The number of rotatable bonds is 2. The van der Waals surface area contributed by atoms with Crippen LogP contribution in [0.1, 0.15) is 31.0 Å². The Labute approximate surface area is 79.0 Å². The molecule has 0 bridgehead atoms. The third-order valence-corrected chi connectivity index (χ3v) is 1.94. The van der Waals surface area contributed by atoms with Gasteiger partial charge < -0.3 is 5.32 Å². The van der Waals surface area contributed by atoms with Crippen LogP contribution < -0.4 is 5.32 Å².